The molecule has 0 fully saturated rings. The van der Waals surface area contributed by atoms with Crippen LogP contribution in [0.2, 0.25) is 0 Å². The fraction of sp³-hybridized carbons (Fsp3) is 0.214. The molecular weight excluding hydrogens is 198 g/mol. The van der Waals surface area contributed by atoms with Gasteiger partial charge in [0, 0.05) is 16.9 Å². The summed E-state index contributed by atoms with van der Waals surface area (Å²) in [6.07, 6.45) is 3.74. The molecule has 0 unspecified atom stereocenters. The van der Waals surface area contributed by atoms with E-state index in [1.807, 2.05) is 42.7 Å². The van der Waals surface area contributed by atoms with Gasteiger partial charge in [0.1, 0.15) is 0 Å². The number of hydrogen-bond donors (Lipinski definition) is 0. The lowest BCUT2D eigenvalue weighted by atomic mass is 10.0. The second kappa shape index (κ2) is 4.79. The second-order valence-electron chi connectivity index (χ2n) is 4.05. The van der Waals surface area contributed by atoms with Gasteiger partial charge in [-0.1, -0.05) is 32.0 Å². The van der Waals surface area contributed by atoms with Crippen LogP contribution in [0.15, 0.2) is 54.9 Å². The molecule has 1 heterocycles. The summed E-state index contributed by atoms with van der Waals surface area (Å²) in [6.45, 7) is 4.36. The van der Waals surface area contributed by atoms with Crippen LogP contribution in [0.4, 0.5) is 0 Å². The van der Waals surface area contributed by atoms with E-state index < -0.39 is 0 Å². The predicted molar refractivity (Wildman–Crippen MR) is 63.2 cm³/mol. The van der Waals surface area contributed by atoms with Crippen LogP contribution in [0.3, 0.4) is 0 Å². The van der Waals surface area contributed by atoms with Crippen LogP contribution in [-0.2, 0) is 0 Å². The first-order valence-corrected chi connectivity index (χ1v) is 5.50. The molecule has 0 amide bonds. The highest BCUT2D eigenvalue weighted by Gasteiger charge is 2.03. The minimum Gasteiger partial charge on any atom is -0.232 e. The van der Waals surface area contributed by atoms with Crippen LogP contribution >= 0.6 is 0 Å². The van der Waals surface area contributed by atoms with Crippen LogP contribution in [0.1, 0.15) is 25.3 Å². The van der Waals surface area contributed by atoms with Gasteiger partial charge in [0.05, 0.1) is 0 Å². The summed E-state index contributed by atoms with van der Waals surface area (Å²) in [5, 5.41) is 0. The molecule has 0 bridgehead atoms. The standard InChI is InChI=1S/C14H16NO/c1-12(2)13-6-8-14(9-7-13)16-15-10-4-3-5-11-15/h3-12H,1-2H3/q+1. The summed E-state index contributed by atoms with van der Waals surface area (Å²) >= 11 is 0. The molecule has 0 aliphatic heterocycles. The number of pyridine rings is 1. The van der Waals surface area contributed by atoms with Crippen molar-refractivity contribution >= 4 is 0 Å². The molecule has 16 heavy (non-hydrogen) atoms. The molecule has 2 heteroatoms. The van der Waals surface area contributed by atoms with E-state index in [-0.39, 0.29) is 0 Å². The van der Waals surface area contributed by atoms with E-state index in [4.69, 9.17) is 4.84 Å². The third-order valence-corrected chi connectivity index (χ3v) is 2.45. The first kappa shape index (κ1) is 10.7. The van der Waals surface area contributed by atoms with Crippen molar-refractivity contribution in [2.24, 2.45) is 0 Å². The summed E-state index contributed by atoms with van der Waals surface area (Å²) in [4.78, 5) is 5.63. The van der Waals surface area contributed by atoms with Gasteiger partial charge in [-0.3, -0.25) is 0 Å². The summed E-state index contributed by atoms with van der Waals surface area (Å²) in [5.41, 5.74) is 1.32. The number of rotatable bonds is 3. The van der Waals surface area contributed by atoms with E-state index in [2.05, 4.69) is 26.0 Å². The van der Waals surface area contributed by atoms with Crippen LogP contribution in [-0.4, -0.2) is 0 Å². The lowest BCUT2D eigenvalue weighted by Gasteiger charge is -2.04. The average molecular weight is 214 g/mol. The molecule has 1 aromatic carbocycles. The average Bonchev–Trinajstić information content (AvgIpc) is 2.31. The Morgan fingerprint density at radius 1 is 0.938 bits per heavy atom. The van der Waals surface area contributed by atoms with Gasteiger partial charge in [-0.15, -0.1) is 0 Å². The van der Waals surface area contributed by atoms with Crippen LogP contribution < -0.4 is 9.57 Å². The smallest absolute Gasteiger partial charge is 0.223 e. The lowest BCUT2D eigenvalue weighted by Crippen LogP contribution is -2.38. The quantitative estimate of drug-likeness (QED) is 0.716. The molecule has 0 aliphatic carbocycles. The topological polar surface area (TPSA) is 13.1 Å². The zero-order valence-electron chi connectivity index (χ0n) is 9.63. The van der Waals surface area contributed by atoms with E-state index in [0.29, 0.717) is 5.92 Å². The lowest BCUT2D eigenvalue weighted by molar-refractivity contribution is -0.875. The highest BCUT2D eigenvalue weighted by molar-refractivity contribution is 5.28. The molecule has 0 N–H and O–H groups in total. The van der Waals surface area contributed by atoms with Gasteiger partial charge in [-0.25, -0.2) is 4.84 Å². The van der Waals surface area contributed by atoms with Crippen molar-refractivity contribution in [3.8, 4) is 5.75 Å². The molecule has 0 spiro atoms. The second-order valence-corrected chi connectivity index (χ2v) is 4.05. The van der Waals surface area contributed by atoms with E-state index in [0.717, 1.165) is 5.75 Å². The van der Waals surface area contributed by atoms with E-state index in [1.165, 1.54) is 5.56 Å². The van der Waals surface area contributed by atoms with Crippen molar-refractivity contribution in [2.75, 3.05) is 0 Å². The van der Waals surface area contributed by atoms with E-state index in [1.54, 1.807) is 4.73 Å². The zero-order chi connectivity index (χ0) is 11.4. The largest absolute Gasteiger partial charge is 0.232 e. The van der Waals surface area contributed by atoms with Crippen LogP contribution in [0.25, 0.3) is 0 Å². The van der Waals surface area contributed by atoms with Crippen LogP contribution in [0, 0.1) is 0 Å². The maximum absolute atomic E-state index is 5.63. The number of benzene rings is 1. The normalized spacial score (nSPS) is 10.4. The summed E-state index contributed by atoms with van der Waals surface area (Å²) in [7, 11) is 0. The van der Waals surface area contributed by atoms with Crippen molar-refractivity contribution in [1.29, 1.82) is 0 Å². The Kier molecular flexibility index (Phi) is 3.20. The highest BCUT2D eigenvalue weighted by Crippen LogP contribution is 2.17. The van der Waals surface area contributed by atoms with Crippen molar-refractivity contribution in [3.63, 3.8) is 0 Å². The van der Waals surface area contributed by atoms with Gasteiger partial charge >= 0.3 is 0 Å². The molecule has 82 valence electrons. The first-order chi connectivity index (χ1) is 7.75. The van der Waals surface area contributed by atoms with Crippen LogP contribution in [0.5, 0.6) is 5.75 Å². The monoisotopic (exact) mass is 214 g/mol. The molecule has 2 rings (SSSR count). The molecule has 2 nitrogen and oxygen atoms in total. The van der Waals surface area contributed by atoms with Crippen molar-refractivity contribution in [2.45, 2.75) is 19.8 Å². The molecule has 0 atom stereocenters. The molecule has 2 aromatic rings. The maximum atomic E-state index is 5.63. The van der Waals surface area contributed by atoms with Gasteiger partial charge in [0.25, 0.3) is 0 Å². The molecule has 0 saturated heterocycles. The SMILES string of the molecule is CC(C)c1ccc(O[n+]2ccccc2)cc1. The van der Waals surface area contributed by atoms with E-state index in [9.17, 15) is 0 Å². The van der Waals surface area contributed by atoms with Crippen molar-refractivity contribution in [3.05, 3.63) is 60.4 Å². The fourth-order valence-corrected chi connectivity index (χ4v) is 1.48. The minimum atomic E-state index is 0.554. The Hall–Kier alpha value is -1.83. The number of nitrogens with zero attached hydrogens (tertiary/aromatic N) is 1. The Morgan fingerprint density at radius 3 is 2.12 bits per heavy atom. The molecule has 1 aromatic heterocycles. The Morgan fingerprint density at radius 2 is 1.56 bits per heavy atom. The van der Waals surface area contributed by atoms with Gasteiger partial charge in [-0.05, 0) is 23.6 Å². The third-order valence-electron chi connectivity index (χ3n) is 2.45. The zero-order valence-corrected chi connectivity index (χ0v) is 9.63. The molecule has 0 saturated carbocycles. The Labute approximate surface area is 96.1 Å². The minimum absolute atomic E-state index is 0.554. The summed E-state index contributed by atoms with van der Waals surface area (Å²) in [5.74, 6) is 1.40. The Bertz CT molecular complexity index is 434. The highest BCUT2D eigenvalue weighted by atomic mass is 16.7. The predicted octanol–water partition coefficient (Wildman–Crippen LogP) is 2.94. The first-order valence-electron chi connectivity index (χ1n) is 5.50. The summed E-state index contributed by atoms with van der Waals surface area (Å²) in [6, 6.07) is 14.0. The van der Waals surface area contributed by atoms with Gasteiger partial charge in [0.2, 0.25) is 18.1 Å². The molecule has 0 aliphatic rings. The third kappa shape index (κ3) is 2.60. The number of aromatic nitrogens is 1. The summed E-state index contributed by atoms with van der Waals surface area (Å²) < 4.78 is 1.68. The molecular formula is C14H16NO+. The maximum Gasteiger partial charge on any atom is 0.223 e. The van der Waals surface area contributed by atoms with Gasteiger partial charge in [0.15, 0.2) is 0 Å². The van der Waals surface area contributed by atoms with Crippen molar-refractivity contribution in [1.82, 2.24) is 0 Å². The number of hydrogen-bond acceptors (Lipinski definition) is 1. The Balaban J connectivity index is 2.11. The van der Waals surface area contributed by atoms with Gasteiger partial charge in [-0.2, -0.15) is 0 Å². The van der Waals surface area contributed by atoms with Crippen molar-refractivity contribution < 1.29 is 9.57 Å². The molecule has 0 radical (unpaired) electrons. The van der Waals surface area contributed by atoms with E-state index >= 15 is 0 Å². The fourth-order valence-electron chi connectivity index (χ4n) is 1.48. The van der Waals surface area contributed by atoms with Gasteiger partial charge < -0.3 is 0 Å².